The van der Waals surface area contributed by atoms with Gasteiger partial charge in [0.05, 0.1) is 0 Å². The van der Waals surface area contributed by atoms with E-state index in [1.165, 1.54) is 0 Å². The summed E-state index contributed by atoms with van der Waals surface area (Å²) in [7, 11) is -3.89. The van der Waals surface area contributed by atoms with E-state index in [0.717, 1.165) is 0 Å². The van der Waals surface area contributed by atoms with Crippen LogP contribution in [0.25, 0.3) is 0 Å². The third-order valence-electron chi connectivity index (χ3n) is 7.06. The Morgan fingerprint density at radius 2 is 0.962 bits per heavy atom. The highest BCUT2D eigenvalue weighted by atomic mass is 28.4. The van der Waals surface area contributed by atoms with Gasteiger partial charge in [-0.05, 0) is 36.3 Å². The minimum absolute atomic E-state index is 0.0463. The second-order valence-electron chi connectivity index (χ2n) is 11.2. The molecule has 1 aliphatic carbocycles. The molecule has 4 nitrogen and oxygen atoms in total. The Morgan fingerprint density at radius 1 is 0.654 bits per heavy atom. The van der Waals surface area contributed by atoms with Crippen LogP contribution < -0.4 is 0 Å². The summed E-state index contributed by atoms with van der Waals surface area (Å²) in [6.45, 7) is 23.0. The number of ether oxygens (including phenoxy) is 2. The molecule has 0 N–H and O–H groups in total. The van der Waals surface area contributed by atoms with Gasteiger partial charge in [0, 0.05) is 0 Å². The van der Waals surface area contributed by atoms with Gasteiger partial charge in [-0.3, -0.25) is 0 Å². The highest BCUT2D eigenvalue weighted by Gasteiger charge is 2.60. The minimum Gasteiger partial charge on any atom is -0.408 e. The second kappa shape index (κ2) is 6.26. The normalized spacial score (nSPS) is 37.5. The molecule has 0 unspecified atom stereocenters. The van der Waals surface area contributed by atoms with Crippen LogP contribution in [0.1, 0.15) is 41.5 Å². The van der Waals surface area contributed by atoms with E-state index in [1.54, 1.807) is 0 Å². The Kier molecular flexibility index (Phi) is 4.99. The fourth-order valence-corrected chi connectivity index (χ4v) is 5.61. The van der Waals surface area contributed by atoms with Crippen molar-refractivity contribution in [1.82, 2.24) is 0 Å². The quantitative estimate of drug-likeness (QED) is 0.385. The van der Waals surface area contributed by atoms with Gasteiger partial charge in [-0.2, -0.15) is 0 Å². The number of rotatable bonds is 4. The average Bonchev–Trinajstić information content (AvgIpc) is 3.31. The number of fused-ring (bicyclic) bond motifs is 2. The molecule has 3 rings (SSSR count). The maximum absolute atomic E-state index is 6.90. The molecule has 150 valence electrons. The topological polar surface area (TPSA) is 43.5 Å². The molecule has 2 fully saturated rings. The van der Waals surface area contributed by atoms with E-state index in [4.69, 9.17) is 18.3 Å². The van der Waals surface area contributed by atoms with Crippen molar-refractivity contribution >= 4 is 16.6 Å². The fourth-order valence-electron chi connectivity index (χ4n) is 3.01. The van der Waals surface area contributed by atoms with Gasteiger partial charge in [0.1, 0.15) is 36.6 Å². The summed E-state index contributed by atoms with van der Waals surface area (Å²) in [6.07, 6.45) is 4.71. The van der Waals surface area contributed by atoms with Gasteiger partial charge >= 0.3 is 0 Å². The van der Waals surface area contributed by atoms with Crippen molar-refractivity contribution in [3.8, 4) is 0 Å². The zero-order valence-corrected chi connectivity index (χ0v) is 20.3. The maximum Gasteiger partial charge on any atom is 0.192 e. The van der Waals surface area contributed by atoms with Crippen molar-refractivity contribution in [2.24, 2.45) is 0 Å². The minimum atomic E-state index is -1.94. The number of hydrogen-bond acceptors (Lipinski definition) is 4. The smallest absolute Gasteiger partial charge is 0.192 e. The molecule has 0 aromatic carbocycles. The van der Waals surface area contributed by atoms with Crippen LogP contribution in [-0.4, -0.2) is 53.3 Å². The van der Waals surface area contributed by atoms with E-state index in [0.29, 0.717) is 0 Å². The monoisotopic (exact) mass is 398 g/mol. The number of hydrogen-bond donors (Lipinski definition) is 0. The van der Waals surface area contributed by atoms with Gasteiger partial charge in [0.25, 0.3) is 0 Å². The van der Waals surface area contributed by atoms with Crippen LogP contribution in [-0.2, 0) is 18.3 Å². The third-order valence-corrected chi connectivity index (χ3v) is 16.0. The molecule has 26 heavy (non-hydrogen) atoms. The first kappa shape index (κ1) is 20.7. The Hall–Kier alpha value is 0.0138. The molecule has 0 bridgehead atoms. The van der Waals surface area contributed by atoms with E-state index in [1.807, 2.05) is 0 Å². The van der Waals surface area contributed by atoms with Crippen LogP contribution in [0, 0.1) is 0 Å². The van der Waals surface area contributed by atoms with E-state index >= 15 is 0 Å². The molecule has 2 aliphatic heterocycles. The van der Waals surface area contributed by atoms with E-state index in [2.05, 4.69) is 79.9 Å². The molecular formula is C20H38O4Si2. The van der Waals surface area contributed by atoms with E-state index in [9.17, 15) is 0 Å². The van der Waals surface area contributed by atoms with Gasteiger partial charge < -0.3 is 18.3 Å². The van der Waals surface area contributed by atoms with Crippen LogP contribution in [0.3, 0.4) is 0 Å². The Morgan fingerprint density at radius 3 is 1.23 bits per heavy atom. The SMILES string of the molecule is CC(C)(C)[Si](C)(C)O[C@@H]1[C@H](O[Si](C)(C)C(C)(C)C)[C@H]2O[C@H]2C=C[C@H]2O[C@@H]12. The fraction of sp³-hybridized carbons (Fsp3) is 0.900. The summed E-state index contributed by atoms with van der Waals surface area (Å²) < 4.78 is 25.8. The first-order chi connectivity index (χ1) is 11.6. The molecule has 3 aliphatic rings. The van der Waals surface area contributed by atoms with Gasteiger partial charge in [0.2, 0.25) is 0 Å². The zero-order valence-electron chi connectivity index (χ0n) is 18.3. The lowest BCUT2D eigenvalue weighted by molar-refractivity contribution is 0.00323. The summed E-state index contributed by atoms with van der Waals surface area (Å²) in [6, 6.07) is 0. The van der Waals surface area contributed by atoms with E-state index in [-0.39, 0.29) is 46.7 Å². The lowest BCUT2D eigenvalue weighted by Gasteiger charge is -2.44. The molecule has 0 aromatic rings. The summed E-state index contributed by atoms with van der Waals surface area (Å²) in [5, 5.41) is 0.307. The third kappa shape index (κ3) is 3.91. The van der Waals surface area contributed by atoms with Crippen LogP contribution in [0.2, 0.25) is 36.3 Å². The van der Waals surface area contributed by atoms with E-state index < -0.39 is 16.6 Å². The average molecular weight is 399 g/mol. The Balaban J connectivity index is 1.89. The summed E-state index contributed by atoms with van der Waals surface area (Å²) in [5.74, 6) is 0. The van der Waals surface area contributed by atoms with Crippen molar-refractivity contribution in [3.63, 3.8) is 0 Å². The van der Waals surface area contributed by atoms with Crippen molar-refractivity contribution in [2.45, 2.75) is 114 Å². The first-order valence-corrected chi connectivity index (χ1v) is 15.8. The van der Waals surface area contributed by atoms with Crippen LogP contribution >= 0.6 is 0 Å². The van der Waals surface area contributed by atoms with Crippen molar-refractivity contribution in [2.75, 3.05) is 0 Å². The van der Waals surface area contributed by atoms with Gasteiger partial charge in [0.15, 0.2) is 16.6 Å². The van der Waals surface area contributed by atoms with Crippen LogP contribution in [0.4, 0.5) is 0 Å². The second-order valence-corrected chi connectivity index (χ2v) is 20.7. The summed E-state index contributed by atoms with van der Waals surface area (Å²) in [4.78, 5) is 0. The molecule has 2 saturated heterocycles. The maximum atomic E-state index is 6.90. The summed E-state index contributed by atoms with van der Waals surface area (Å²) >= 11 is 0. The highest BCUT2D eigenvalue weighted by Crippen LogP contribution is 2.47. The lowest BCUT2D eigenvalue weighted by Crippen LogP contribution is -2.55. The van der Waals surface area contributed by atoms with Crippen molar-refractivity contribution in [1.29, 1.82) is 0 Å². The summed E-state index contributed by atoms with van der Waals surface area (Å²) in [5.41, 5.74) is 0. The molecule has 0 radical (unpaired) electrons. The molecular weight excluding hydrogens is 360 g/mol. The van der Waals surface area contributed by atoms with Gasteiger partial charge in [-0.1, -0.05) is 53.7 Å². The van der Waals surface area contributed by atoms with Gasteiger partial charge in [-0.25, -0.2) is 0 Å². The highest BCUT2D eigenvalue weighted by molar-refractivity contribution is 6.74. The Labute approximate surface area is 161 Å². The molecule has 2 heterocycles. The van der Waals surface area contributed by atoms with Crippen molar-refractivity contribution < 1.29 is 18.3 Å². The van der Waals surface area contributed by atoms with Crippen LogP contribution in [0.5, 0.6) is 0 Å². The molecule has 6 atom stereocenters. The van der Waals surface area contributed by atoms with Crippen LogP contribution in [0.15, 0.2) is 12.2 Å². The first-order valence-electron chi connectivity index (χ1n) is 9.99. The predicted molar refractivity (Wildman–Crippen MR) is 111 cm³/mol. The molecule has 0 spiro atoms. The molecule has 0 aromatic heterocycles. The standard InChI is InChI=1S/C20H38O4Si2/c1-19(2,3)25(7,8)23-17-15-13(21-15)11-12-14-16(22-14)18(17)24-26(9,10)20(4,5)6/h11-18H,1-10H3/t13-,14+,15-,16+,17+,18-. The number of epoxide rings is 2. The molecule has 0 amide bonds. The lowest BCUT2D eigenvalue weighted by atomic mass is 10.0. The van der Waals surface area contributed by atoms with Gasteiger partial charge in [-0.15, -0.1) is 0 Å². The zero-order chi connectivity index (χ0) is 19.7. The molecule has 6 heteroatoms. The van der Waals surface area contributed by atoms with Crippen molar-refractivity contribution in [3.05, 3.63) is 12.2 Å². The predicted octanol–water partition coefficient (Wildman–Crippen LogP) is 4.87. The molecule has 0 saturated carbocycles. The largest absolute Gasteiger partial charge is 0.408 e. The Bertz CT molecular complexity index is 523.